The summed E-state index contributed by atoms with van der Waals surface area (Å²) in [6, 6.07) is 5.60. The number of hydrogen-bond acceptors (Lipinski definition) is 3. The van der Waals surface area contributed by atoms with Gasteiger partial charge in [0.15, 0.2) is 0 Å². The third-order valence-electron chi connectivity index (χ3n) is 2.24. The van der Waals surface area contributed by atoms with Crippen LogP contribution >= 0.6 is 43.2 Å². The van der Waals surface area contributed by atoms with E-state index in [4.69, 9.17) is 0 Å². The highest BCUT2D eigenvalue weighted by Gasteiger charge is 2.17. The lowest BCUT2D eigenvalue weighted by Gasteiger charge is -2.05. The molecule has 0 N–H and O–H groups in total. The minimum Gasteiger partial charge on any atom is -0.435 e. The average Bonchev–Trinajstić information content (AvgIpc) is 2.69. The number of carbonyl (C=O) groups excluding carboxylic acids is 1. The van der Waals surface area contributed by atoms with Crippen molar-refractivity contribution in [3.05, 3.63) is 49.0 Å². The van der Waals surface area contributed by atoms with Crippen LogP contribution in [0.4, 0.5) is 8.78 Å². The van der Waals surface area contributed by atoms with E-state index in [9.17, 15) is 13.6 Å². The second-order valence-corrected chi connectivity index (χ2v) is 5.99. The van der Waals surface area contributed by atoms with Gasteiger partial charge >= 0.3 is 6.61 Å². The molecule has 2 nitrogen and oxygen atoms in total. The number of ether oxygens (including phenoxy) is 1. The van der Waals surface area contributed by atoms with Gasteiger partial charge in [-0.25, -0.2) is 0 Å². The molecule has 19 heavy (non-hydrogen) atoms. The summed E-state index contributed by atoms with van der Waals surface area (Å²) in [6.07, 6.45) is 0. The average molecular weight is 412 g/mol. The Morgan fingerprint density at radius 1 is 1.21 bits per heavy atom. The van der Waals surface area contributed by atoms with Gasteiger partial charge in [0.25, 0.3) is 0 Å². The zero-order valence-corrected chi connectivity index (χ0v) is 13.2. The Balaban J connectivity index is 2.23. The minimum atomic E-state index is -2.87. The fraction of sp³-hybridized carbons (Fsp3) is 0.0833. The molecule has 0 aliphatic heterocycles. The van der Waals surface area contributed by atoms with Crippen LogP contribution in [0.5, 0.6) is 5.75 Å². The minimum absolute atomic E-state index is 0.0259. The maximum Gasteiger partial charge on any atom is 0.387 e. The van der Waals surface area contributed by atoms with Gasteiger partial charge in [-0.05, 0) is 56.1 Å². The molecular formula is C12H6Br2F2O2S. The molecule has 0 aliphatic carbocycles. The van der Waals surface area contributed by atoms with Crippen molar-refractivity contribution in [3.63, 3.8) is 0 Å². The molecule has 0 radical (unpaired) electrons. The first-order valence-electron chi connectivity index (χ1n) is 5.01. The third-order valence-corrected chi connectivity index (χ3v) is 5.76. The summed E-state index contributed by atoms with van der Waals surface area (Å²) < 4.78 is 29.7. The molecule has 2 rings (SSSR count). The Hall–Kier alpha value is -0.790. The van der Waals surface area contributed by atoms with E-state index in [1.54, 1.807) is 5.38 Å². The summed E-state index contributed by atoms with van der Waals surface area (Å²) in [5.74, 6) is -0.149. The van der Waals surface area contributed by atoms with Gasteiger partial charge in [0.05, 0.1) is 9.35 Å². The molecule has 7 heteroatoms. The van der Waals surface area contributed by atoms with Crippen molar-refractivity contribution in [1.82, 2.24) is 0 Å². The smallest absolute Gasteiger partial charge is 0.387 e. The van der Waals surface area contributed by atoms with Crippen molar-refractivity contribution < 1.29 is 18.3 Å². The predicted molar refractivity (Wildman–Crippen MR) is 76.2 cm³/mol. The van der Waals surface area contributed by atoms with Crippen LogP contribution < -0.4 is 4.74 Å². The number of rotatable bonds is 4. The number of benzene rings is 1. The van der Waals surface area contributed by atoms with Crippen LogP contribution in [0.2, 0.25) is 0 Å². The molecule has 0 bridgehead atoms. The van der Waals surface area contributed by atoms with E-state index in [-0.39, 0.29) is 11.5 Å². The normalized spacial score (nSPS) is 10.8. The van der Waals surface area contributed by atoms with Crippen LogP contribution in [0, 0.1) is 0 Å². The summed E-state index contributed by atoms with van der Waals surface area (Å²) in [6.45, 7) is -2.87. The molecule has 1 aromatic heterocycles. The molecular weight excluding hydrogens is 406 g/mol. The molecule has 0 saturated carbocycles. The van der Waals surface area contributed by atoms with Gasteiger partial charge in [-0.3, -0.25) is 4.79 Å². The first kappa shape index (κ1) is 14.6. The molecule has 0 amide bonds. The Morgan fingerprint density at radius 3 is 2.32 bits per heavy atom. The molecule has 0 unspecified atom stereocenters. The number of thiophene rings is 1. The summed E-state index contributed by atoms with van der Waals surface area (Å²) in [4.78, 5) is 12.7. The van der Waals surface area contributed by atoms with Crippen LogP contribution in [0.25, 0.3) is 0 Å². The van der Waals surface area contributed by atoms with Gasteiger partial charge in [0, 0.05) is 15.4 Å². The van der Waals surface area contributed by atoms with Crippen molar-refractivity contribution in [2.75, 3.05) is 0 Å². The lowest BCUT2D eigenvalue weighted by atomic mass is 10.1. The fourth-order valence-electron chi connectivity index (χ4n) is 1.39. The first-order chi connectivity index (χ1) is 8.99. The lowest BCUT2D eigenvalue weighted by Crippen LogP contribution is -2.03. The molecule has 100 valence electrons. The van der Waals surface area contributed by atoms with Crippen LogP contribution in [-0.4, -0.2) is 12.4 Å². The fourth-order valence-corrected chi connectivity index (χ4v) is 3.51. The maximum absolute atomic E-state index is 12.2. The summed E-state index contributed by atoms with van der Waals surface area (Å²) in [5.41, 5.74) is 0.414. The Kier molecular flexibility index (Phi) is 4.70. The molecule has 2 aromatic rings. The summed E-state index contributed by atoms with van der Waals surface area (Å²) >= 11 is 7.92. The number of halogens is 4. The quantitative estimate of drug-likeness (QED) is 0.653. The van der Waals surface area contributed by atoms with Crippen molar-refractivity contribution in [2.24, 2.45) is 0 Å². The second-order valence-electron chi connectivity index (χ2n) is 3.46. The Bertz CT molecular complexity index is 596. The van der Waals surface area contributed by atoms with Crippen molar-refractivity contribution in [1.29, 1.82) is 0 Å². The van der Waals surface area contributed by atoms with Gasteiger partial charge < -0.3 is 4.74 Å². The van der Waals surface area contributed by atoms with E-state index in [0.717, 1.165) is 4.47 Å². The highest BCUT2D eigenvalue weighted by molar-refractivity contribution is 9.13. The van der Waals surface area contributed by atoms with Gasteiger partial charge in [0.2, 0.25) is 5.78 Å². The molecule has 0 spiro atoms. The topological polar surface area (TPSA) is 26.3 Å². The highest BCUT2D eigenvalue weighted by Crippen LogP contribution is 2.34. The van der Waals surface area contributed by atoms with Crippen molar-refractivity contribution in [2.45, 2.75) is 6.61 Å². The highest BCUT2D eigenvalue weighted by atomic mass is 79.9. The third kappa shape index (κ3) is 3.40. The number of carbonyl (C=O) groups is 1. The van der Waals surface area contributed by atoms with E-state index in [0.29, 0.717) is 14.9 Å². The van der Waals surface area contributed by atoms with Crippen LogP contribution in [-0.2, 0) is 0 Å². The Morgan fingerprint density at radius 2 is 1.84 bits per heavy atom. The van der Waals surface area contributed by atoms with E-state index in [1.807, 2.05) is 0 Å². The largest absolute Gasteiger partial charge is 0.435 e. The molecule has 1 heterocycles. The number of ketones is 1. The monoisotopic (exact) mass is 410 g/mol. The van der Waals surface area contributed by atoms with Gasteiger partial charge in [0.1, 0.15) is 5.75 Å². The van der Waals surface area contributed by atoms with E-state index in [2.05, 4.69) is 36.6 Å². The van der Waals surface area contributed by atoms with E-state index >= 15 is 0 Å². The van der Waals surface area contributed by atoms with Crippen molar-refractivity contribution in [3.8, 4) is 5.75 Å². The zero-order chi connectivity index (χ0) is 14.0. The van der Waals surface area contributed by atoms with E-state index < -0.39 is 6.61 Å². The van der Waals surface area contributed by atoms with Crippen molar-refractivity contribution >= 4 is 49.0 Å². The number of hydrogen-bond donors (Lipinski definition) is 0. The molecule has 0 aliphatic rings. The zero-order valence-electron chi connectivity index (χ0n) is 9.20. The van der Waals surface area contributed by atoms with Crippen LogP contribution in [0.15, 0.2) is 38.6 Å². The lowest BCUT2D eigenvalue weighted by molar-refractivity contribution is -0.0498. The molecule has 0 atom stereocenters. The van der Waals surface area contributed by atoms with E-state index in [1.165, 1.54) is 35.6 Å². The van der Waals surface area contributed by atoms with Gasteiger partial charge in [-0.2, -0.15) is 8.78 Å². The van der Waals surface area contributed by atoms with Gasteiger partial charge in [-0.1, -0.05) is 0 Å². The summed E-state index contributed by atoms with van der Waals surface area (Å²) in [5, 5.41) is 1.80. The second kappa shape index (κ2) is 6.11. The Labute approximate surface area is 128 Å². The first-order valence-corrected chi connectivity index (χ1v) is 7.47. The molecule has 0 fully saturated rings. The van der Waals surface area contributed by atoms with Gasteiger partial charge in [-0.15, -0.1) is 11.3 Å². The van der Waals surface area contributed by atoms with Crippen LogP contribution in [0.1, 0.15) is 15.2 Å². The van der Waals surface area contributed by atoms with Crippen LogP contribution in [0.3, 0.4) is 0 Å². The summed E-state index contributed by atoms with van der Waals surface area (Å²) in [7, 11) is 0. The number of alkyl halides is 2. The standard InChI is InChI=1S/C12H6Br2F2O2S/c13-8-5-19-11(9(8)14)10(17)6-1-3-7(4-2-6)18-12(15)16/h1-5,12H. The molecule has 1 aromatic carbocycles. The predicted octanol–water partition coefficient (Wildman–Crippen LogP) is 5.11. The molecule has 0 saturated heterocycles. The maximum atomic E-state index is 12.2. The SMILES string of the molecule is O=C(c1ccc(OC(F)F)cc1)c1scc(Br)c1Br.